The minimum absolute atomic E-state index is 0.248. The van der Waals surface area contributed by atoms with Gasteiger partial charge in [-0.25, -0.2) is 0 Å². The molecule has 1 aliphatic heterocycles. The molecule has 108 valence electrons. The highest BCUT2D eigenvalue weighted by molar-refractivity contribution is 6.62. The number of aryl methyl sites for hydroxylation is 1. The molecule has 0 radical (unpaired) electrons. The van der Waals surface area contributed by atoms with Crippen LogP contribution in [0, 0.1) is 0 Å². The molecule has 1 aromatic rings. The van der Waals surface area contributed by atoms with Crippen LogP contribution in [0.15, 0.2) is 18.2 Å². The first-order valence-electron chi connectivity index (χ1n) is 7.35. The van der Waals surface area contributed by atoms with Crippen molar-refractivity contribution in [2.75, 3.05) is 7.11 Å². The Bertz CT molecular complexity index is 508. The summed E-state index contributed by atoms with van der Waals surface area (Å²) in [5.41, 5.74) is 3.22. The van der Waals surface area contributed by atoms with Crippen LogP contribution < -0.4 is 5.46 Å². The van der Waals surface area contributed by atoms with Gasteiger partial charge in [0.05, 0.1) is 17.3 Å². The number of ether oxygens (including phenoxy) is 1. The molecule has 4 heteroatoms. The average molecular weight is 274 g/mol. The first-order chi connectivity index (χ1) is 9.34. The highest BCUT2D eigenvalue weighted by Gasteiger charge is 2.51. The Morgan fingerprint density at radius 3 is 2.40 bits per heavy atom. The molecule has 0 bridgehead atoms. The van der Waals surface area contributed by atoms with Crippen molar-refractivity contribution in [3.63, 3.8) is 0 Å². The summed E-state index contributed by atoms with van der Waals surface area (Å²) in [6.07, 6.45) is 2.39. The lowest BCUT2D eigenvalue weighted by molar-refractivity contribution is 0.00578. The number of fused-ring (bicyclic) bond motifs is 1. The van der Waals surface area contributed by atoms with E-state index in [4.69, 9.17) is 14.0 Å². The van der Waals surface area contributed by atoms with E-state index in [0.29, 0.717) is 0 Å². The van der Waals surface area contributed by atoms with Crippen LogP contribution >= 0.6 is 0 Å². The van der Waals surface area contributed by atoms with Gasteiger partial charge in [-0.3, -0.25) is 0 Å². The number of benzene rings is 1. The molecular weight excluding hydrogens is 251 g/mol. The van der Waals surface area contributed by atoms with Crippen molar-refractivity contribution in [2.24, 2.45) is 0 Å². The molecule has 1 aromatic carbocycles. The molecule has 3 nitrogen and oxygen atoms in total. The van der Waals surface area contributed by atoms with Gasteiger partial charge < -0.3 is 14.0 Å². The third-order valence-electron chi connectivity index (χ3n) is 5.00. The van der Waals surface area contributed by atoms with Crippen molar-refractivity contribution in [2.45, 2.75) is 57.8 Å². The molecule has 0 spiro atoms. The Kier molecular flexibility index (Phi) is 3.24. The zero-order valence-corrected chi connectivity index (χ0v) is 13.0. The van der Waals surface area contributed by atoms with Crippen LogP contribution in [0.4, 0.5) is 0 Å². The molecule has 1 aliphatic carbocycles. The summed E-state index contributed by atoms with van der Waals surface area (Å²) in [6, 6.07) is 6.49. The van der Waals surface area contributed by atoms with Crippen molar-refractivity contribution >= 4 is 12.6 Å². The van der Waals surface area contributed by atoms with Gasteiger partial charge in [-0.2, -0.15) is 0 Å². The van der Waals surface area contributed by atoms with Crippen LogP contribution in [0.2, 0.25) is 0 Å². The molecule has 0 N–H and O–H groups in total. The molecule has 0 saturated carbocycles. The van der Waals surface area contributed by atoms with Crippen LogP contribution in [0.5, 0.6) is 0 Å². The van der Waals surface area contributed by atoms with Gasteiger partial charge in [-0.1, -0.05) is 18.2 Å². The van der Waals surface area contributed by atoms with Crippen molar-refractivity contribution in [3.05, 3.63) is 29.3 Å². The largest absolute Gasteiger partial charge is 0.494 e. The first-order valence-corrected chi connectivity index (χ1v) is 7.35. The highest BCUT2D eigenvalue weighted by Crippen LogP contribution is 2.37. The minimum atomic E-state index is -0.286. The van der Waals surface area contributed by atoms with Crippen LogP contribution in [0.3, 0.4) is 0 Å². The van der Waals surface area contributed by atoms with E-state index < -0.39 is 0 Å². The molecule has 1 heterocycles. The monoisotopic (exact) mass is 274 g/mol. The zero-order chi connectivity index (χ0) is 14.5. The van der Waals surface area contributed by atoms with Crippen molar-refractivity contribution < 1.29 is 14.0 Å². The summed E-state index contributed by atoms with van der Waals surface area (Å²) in [7, 11) is 1.51. The van der Waals surface area contributed by atoms with E-state index in [0.717, 1.165) is 18.3 Å². The first kappa shape index (κ1) is 14.1. The number of hydrogen-bond donors (Lipinski definition) is 0. The van der Waals surface area contributed by atoms with E-state index in [1.807, 2.05) is 0 Å². The van der Waals surface area contributed by atoms with Crippen LogP contribution in [0.1, 0.15) is 51.3 Å². The Morgan fingerprint density at radius 1 is 1.15 bits per heavy atom. The van der Waals surface area contributed by atoms with Crippen molar-refractivity contribution in [1.29, 1.82) is 0 Å². The van der Waals surface area contributed by atoms with E-state index >= 15 is 0 Å². The van der Waals surface area contributed by atoms with Gasteiger partial charge in [0, 0.05) is 7.11 Å². The maximum atomic E-state index is 6.11. The molecule has 1 saturated heterocycles. The van der Waals surface area contributed by atoms with Crippen LogP contribution in [-0.4, -0.2) is 25.4 Å². The molecule has 1 unspecified atom stereocenters. The second-order valence-corrected chi connectivity index (χ2v) is 6.81. The molecule has 1 fully saturated rings. The lowest BCUT2D eigenvalue weighted by atomic mass is 9.78. The molecule has 1 atom stereocenters. The summed E-state index contributed by atoms with van der Waals surface area (Å²) in [5.74, 6) is 0. The molecule has 3 rings (SSSR count). The fraction of sp³-hybridized carbons (Fsp3) is 0.625. The van der Waals surface area contributed by atoms with E-state index in [-0.39, 0.29) is 24.4 Å². The van der Waals surface area contributed by atoms with Gasteiger partial charge in [0.15, 0.2) is 0 Å². The average Bonchev–Trinajstić information content (AvgIpc) is 2.87. The molecule has 20 heavy (non-hydrogen) atoms. The summed E-state index contributed by atoms with van der Waals surface area (Å²) < 4.78 is 17.7. The van der Waals surface area contributed by atoms with Gasteiger partial charge in [0.25, 0.3) is 0 Å². The quantitative estimate of drug-likeness (QED) is 0.776. The summed E-state index contributed by atoms with van der Waals surface area (Å²) in [6.45, 7) is 8.34. The topological polar surface area (TPSA) is 27.7 Å². The summed E-state index contributed by atoms with van der Waals surface area (Å²) in [5, 5.41) is 0. The lowest BCUT2D eigenvalue weighted by Gasteiger charge is -2.32. The summed E-state index contributed by atoms with van der Waals surface area (Å²) in [4.78, 5) is 0. The minimum Gasteiger partial charge on any atom is -0.399 e. The Balaban J connectivity index is 1.87. The third kappa shape index (κ3) is 2.10. The number of rotatable bonds is 2. The molecule has 2 aliphatic rings. The fourth-order valence-corrected chi connectivity index (χ4v) is 2.97. The number of methoxy groups -OCH3 is 1. The number of hydrogen-bond acceptors (Lipinski definition) is 3. The maximum absolute atomic E-state index is 6.11. The standard InChI is InChI=1S/C16H23BO3/c1-15(2)16(3,4)20-17(19-15)12-7-8-13-11(10-12)6-9-14(13)18-5/h7-8,10,14H,6,9H2,1-5H3. The molecule has 0 aromatic heterocycles. The van der Waals surface area contributed by atoms with E-state index in [2.05, 4.69) is 45.9 Å². The van der Waals surface area contributed by atoms with Gasteiger partial charge >= 0.3 is 7.12 Å². The second-order valence-electron chi connectivity index (χ2n) is 6.81. The van der Waals surface area contributed by atoms with E-state index in [1.54, 1.807) is 7.11 Å². The smallest absolute Gasteiger partial charge is 0.399 e. The Morgan fingerprint density at radius 2 is 1.80 bits per heavy atom. The summed E-state index contributed by atoms with van der Waals surface area (Å²) >= 11 is 0. The van der Waals surface area contributed by atoms with Gasteiger partial charge in [0.2, 0.25) is 0 Å². The van der Waals surface area contributed by atoms with Crippen LogP contribution in [0.25, 0.3) is 0 Å². The Labute approximate surface area is 121 Å². The third-order valence-corrected chi connectivity index (χ3v) is 5.00. The SMILES string of the molecule is COC1CCc2cc(B3OC(C)(C)C(C)(C)O3)ccc21. The molecule has 0 amide bonds. The van der Waals surface area contributed by atoms with Gasteiger partial charge in [-0.05, 0) is 57.1 Å². The maximum Gasteiger partial charge on any atom is 0.494 e. The fourth-order valence-electron chi connectivity index (χ4n) is 2.97. The predicted molar refractivity (Wildman–Crippen MR) is 80.2 cm³/mol. The van der Waals surface area contributed by atoms with Crippen LogP contribution in [-0.2, 0) is 20.5 Å². The van der Waals surface area contributed by atoms with E-state index in [9.17, 15) is 0 Å². The molecular formula is C16H23BO3. The van der Waals surface area contributed by atoms with Crippen molar-refractivity contribution in [3.8, 4) is 0 Å². The second kappa shape index (κ2) is 4.59. The predicted octanol–water partition coefficient (Wildman–Crippen LogP) is 2.62. The lowest BCUT2D eigenvalue weighted by Crippen LogP contribution is -2.41. The normalized spacial score (nSPS) is 26.9. The van der Waals surface area contributed by atoms with Gasteiger partial charge in [-0.15, -0.1) is 0 Å². The zero-order valence-electron chi connectivity index (χ0n) is 13.0. The van der Waals surface area contributed by atoms with Crippen molar-refractivity contribution in [1.82, 2.24) is 0 Å². The highest BCUT2D eigenvalue weighted by atomic mass is 16.7. The van der Waals surface area contributed by atoms with E-state index in [1.165, 1.54) is 11.1 Å². The Hall–Kier alpha value is -0.835. The van der Waals surface area contributed by atoms with Gasteiger partial charge in [0.1, 0.15) is 0 Å².